The van der Waals surface area contributed by atoms with Crippen molar-refractivity contribution in [2.24, 2.45) is 5.73 Å². The van der Waals surface area contributed by atoms with Crippen molar-refractivity contribution >= 4 is 11.5 Å². The van der Waals surface area contributed by atoms with Crippen LogP contribution in [0.4, 0.5) is 5.69 Å². The third-order valence-electron chi connectivity index (χ3n) is 2.93. The number of nitro benzene ring substituents is 1. The molecule has 1 aromatic heterocycles. The van der Waals surface area contributed by atoms with Gasteiger partial charge in [0, 0.05) is 23.9 Å². The van der Waals surface area contributed by atoms with Crippen LogP contribution in [0.2, 0.25) is 0 Å². The summed E-state index contributed by atoms with van der Waals surface area (Å²) in [5.74, 6) is 0.822. The second kappa shape index (κ2) is 5.58. The van der Waals surface area contributed by atoms with E-state index in [0.717, 1.165) is 0 Å². The van der Waals surface area contributed by atoms with Crippen LogP contribution in [0.1, 0.15) is 16.8 Å². The molecule has 2 rings (SSSR count). The number of nitro groups is 1. The van der Waals surface area contributed by atoms with E-state index in [4.69, 9.17) is 15.9 Å². The Morgan fingerprint density at radius 2 is 2.05 bits per heavy atom. The van der Waals surface area contributed by atoms with Gasteiger partial charge in [-0.15, -0.1) is 0 Å². The Morgan fingerprint density at radius 1 is 1.33 bits per heavy atom. The van der Waals surface area contributed by atoms with E-state index in [9.17, 15) is 10.1 Å². The lowest BCUT2D eigenvalue weighted by atomic mass is 10.1. The fraction of sp³-hybridized carbons (Fsp3) is 0.143. The van der Waals surface area contributed by atoms with Crippen LogP contribution >= 0.6 is 0 Å². The maximum absolute atomic E-state index is 10.9. The standard InChI is InChI=1S/C14H14N4O3/c1-8-6-13(9(2)5-12(8)18(19)20)21-10-3-4-17-11(7-10)14(15)16/h3-7H,1-2H3,(H3,15,16). The fourth-order valence-electron chi connectivity index (χ4n) is 1.83. The molecule has 0 bridgehead atoms. The van der Waals surface area contributed by atoms with E-state index in [-0.39, 0.29) is 11.5 Å². The lowest BCUT2D eigenvalue weighted by Crippen LogP contribution is -2.12. The van der Waals surface area contributed by atoms with Crippen LogP contribution in [0.5, 0.6) is 11.5 Å². The lowest BCUT2D eigenvalue weighted by Gasteiger charge is -2.10. The summed E-state index contributed by atoms with van der Waals surface area (Å²) in [6.45, 7) is 3.38. The normalized spacial score (nSPS) is 10.2. The molecule has 0 aliphatic rings. The van der Waals surface area contributed by atoms with Gasteiger partial charge in [-0.1, -0.05) is 0 Å². The third kappa shape index (κ3) is 3.14. The molecule has 0 aliphatic heterocycles. The maximum Gasteiger partial charge on any atom is 0.272 e. The molecule has 2 aromatic rings. The molecule has 0 amide bonds. The van der Waals surface area contributed by atoms with Crippen molar-refractivity contribution in [3.05, 3.63) is 57.4 Å². The smallest absolute Gasteiger partial charge is 0.272 e. The van der Waals surface area contributed by atoms with Crippen molar-refractivity contribution in [2.75, 3.05) is 0 Å². The predicted octanol–water partition coefficient (Wildman–Crippen LogP) is 2.68. The molecule has 0 fully saturated rings. The molecule has 7 heteroatoms. The van der Waals surface area contributed by atoms with Crippen molar-refractivity contribution < 1.29 is 9.66 Å². The largest absolute Gasteiger partial charge is 0.457 e. The number of nitrogens with two attached hydrogens (primary N) is 1. The zero-order valence-electron chi connectivity index (χ0n) is 11.6. The highest BCUT2D eigenvalue weighted by Gasteiger charge is 2.14. The van der Waals surface area contributed by atoms with E-state index in [0.29, 0.717) is 28.3 Å². The van der Waals surface area contributed by atoms with Crippen molar-refractivity contribution in [1.29, 1.82) is 5.41 Å². The van der Waals surface area contributed by atoms with Crippen molar-refractivity contribution in [2.45, 2.75) is 13.8 Å². The number of nitrogens with zero attached hydrogens (tertiary/aromatic N) is 2. The fourth-order valence-corrected chi connectivity index (χ4v) is 1.83. The predicted molar refractivity (Wildman–Crippen MR) is 77.9 cm³/mol. The molecule has 0 radical (unpaired) electrons. The molecular formula is C14H14N4O3. The first-order valence-corrected chi connectivity index (χ1v) is 6.12. The lowest BCUT2D eigenvalue weighted by molar-refractivity contribution is -0.385. The Labute approximate surface area is 121 Å². The molecular weight excluding hydrogens is 272 g/mol. The van der Waals surface area contributed by atoms with Gasteiger partial charge in [-0.05, 0) is 31.5 Å². The van der Waals surface area contributed by atoms with Gasteiger partial charge in [-0.25, -0.2) is 0 Å². The van der Waals surface area contributed by atoms with E-state index in [1.807, 2.05) is 0 Å². The van der Waals surface area contributed by atoms with Gasteiger partial charge < -0.3 is 10.5 Å². The molecule has 21 heavy (non-hydrogen) atoms. The van der Waals surface area contributed by atoms with Crippen LogP contribution in [0, 0.1) is 29.4 Å². The summed E-state index contributed by atoms with van der Waals surface area (Å²) in [5, 5.41) is 18.2. The monoisotopic (exact) mass is 286 g/mol. The Bertz CT molecular complexity index is 728. The minimum Gasteiger partial charge on any atom is -0.457 e. The van der Waals surface area contributed by atoms with Crippen LogP contribution in [0.15, 0.2) is 30.5 Å². The molecule has 3 N–H and O–H groups in total. The van der Waals surface area contributed by atoms with E-state index in [2.05, 4.69) is 4.98 Å². The van der Waals surface area contributed by atoms with Gasteiger partial charge in [0.1, 0.15) is 23.0 Å². The average Bonchev–Trinajstić information content (AvgIpc) is 2.42. The topological polar surface area (TPSA) is 115 Å². The number of nitrogens with one attached hydrogen (secondary N) is 1. The van der Waals surface area contributed by atoms with E-state index < -0.39 is 4.92 Å². The summed E-state index contributed by atoms with van der Waals surface area (Å²) in [6, 6.07) is 6.25. The number of hydrogen-bond acceptors (Lipinski definition) is 5. The van der Waals surface area contributed by atoms with Crippen LogP contribution < -0.4 is 10.5 Å². The van der Waals surface area contributed by atoms with E-state index in [1.54, 1.807) is 32.0 Å². The number of nitrogen functional groups attached to an aromatic ring is 1. The second-order valence-corrected chi connectivity index (χ2v) is 4.55. The van der Waals surface area contributed by atoms with Crippen molar-refractivity contribution in [3.8, 4) is 11.5 Å². The van der Waals surface area contributed by atoms with Gasteiger partial charge in [0.15, 0.2) is 0 Å². The Hall–Kier alpha value is -2.96. The van der Waals surface area contributed by atoms with Crippen LogP contribution in [0.3, 0.4) is 0 Å². The van der Waals surface area contributed by atoms with Crippen molar-refractivity contribution in [1.82, 2.24) is 4.98 Å². The first-order valence-electron chi connectivity index (χ1n) is 6.12. The summed E-state index contributed by atoms with van der Waals surface area (Å²) in [6.07, 6.45) is 1.49. The van der Waals surface area contributed by atoms with Crippen LogP contribution in [0.25, 0.3) is 0 Å². The number of hydrogen-bond donors (Lipinski definition) is 2. The minimum atomic E-state index is -0.424. The molecule has 7 nitrogen and oxygen atoms in total. The molecule has 1 aromatic carbocycles. The van der Waals surface area contributed by atoms with Crippen LogP contribution in [-0.4, -0.2) is 15.7 Å². The zero-order valence-corrected chi connectivity index (χ0v) is 11.6. The van der Waals surface area contributed by atoms with E-state index in [1.165, 1.54) is 12.3 Å². The van der Waals surface area contributed by atoms with Gasteiger partial charge in [0.05, 0.1) is 4.92 Å². The molecule has 0 saturated carbocycles. The number of rotatable bonds is 4. The van der Waals surface area contributed by atoms with Gasteiger partial charge in [0.25, 0.3) is 5.69 Å². The summed E-state index contributed by atoms with van der Waals surface area (Å²) < 4.78 is 5.70. The van der Waals surface area contributed by atoms with Crippen molar-refractivity contribution in [3.63, 3.8) is 0 Å². The first-order chi connectivity index (χ1) is 9.88. The molecule has 0 aliphatic carbocycles. The minimum absolute atomic E-state index is 0.0546. The third-order valence-corrected chi connectivity index (χ3v) is 2.93. The number of pyridine rings is 1. The SMILES string of the molecule is Cc1cc([N+](=O)[O-])c(C)cc1Oc1ccnc(C(=N)N)c1. The summed E-state index contributed by atoms with van der Waals surface area (Å²) in [4.78, 5) is 14.4. The number of amidine groups is 1. The highest BCUT2D eigenvalue weighted by atomic mass is 16.6. The Balaban J connectivity index is 2.36. The maximum atomic E-state index is 10.9. The number of aryl methyl sites for hydroxylation is 2. The van der Waals surface area contributed by atoms with E-state index >= 15 is 0 Å². The molecule has 0 atom stereocenters. The van der Waals surface area contributed by atoms with Gasteiger partial charge in [-0.3, -0.25) is 20.5 Å². The number of aromatic nitrogens is 1. The average molecular weight is 286 g/mol. The summed E-state index contributed by atoms with van der Waals surface area (Å²) in [5.41, 5.74) is 6.90. The van der Waals surface area contributed by atoms with Gasteiger partial charge in [0.2, 0.25) is 0 Å². The molecule has 1 heterocycles. The second-order valence-electron chi connectivity index (χ2n) is 4.55. The Kier molecular flexibility index (Phi) is 3.84. The molecule has 0 saturated heterocycles. The number of ether oxygens (including phenoxy) is 1. The summed E-state index contributed by atoms with van der Waals surface area (Å²) in [7, 11) is 0. The van der Waals surface area contributed by atoms with Gasteiger partial charge in [-0.2, -0.15) is 0 Å². The zero-order chi connectivity index (χ0) is 15.6. The number of benzene rings is 1. The summed E-state index contributed by atoms with van der Waals surface area (Å²) >= 11 is 0. The molecule has 0 unspecified atom stereocenters. The molecule has 0 spiro atoms. The van der Waals surface area contributed by atoms with Gasteiger partial charge >= 0.3 is 0 Å². The Morgan fingerprint density at radius 3 is 2.67 bits per heavy atom. The quantitative estimate of drug-likeness (QED) is 0.388. The molecule has 108 valence electrons. The highest BCUT2D eigenvalue weighted by molar-refractivity contribution is 5.93. The van der Waals surface area contributed by atoms with Crippen LogP contribution in [-0.2, 0) is 0 Å². The highest BCUT2D eigenvalue weighted by Crippen LogP contribution is 2.31. The first kappa shape index (κ1) is 14.4.